The van der Waals surface area contributed by atoms with Gasteiger partial charge in [-0.1, -0.05) is 45.3 Å². The maximum absolute atomic E-state index is 6.23. The van der Waals surface area contributed by atoms with Crippen molar-refractivity contribution in [1.82, 2.24) is 5.32 Å². The van der Waals surface area contributed by atoms with Crippen molar-refractivity contribution in [2.45, 2.75) is 79.6 Å². The number of nitrogens with two attached hydrogens (primary N) is 2. The molecule has 0 amide bonds. The minimum Gasteiger partial charge on any atom is -0.330 e. The van der Waals surface area contributed by atoms with Crippen LogP contribution in [0.15, 0.2) is 11.1 Å². The summed E-state index contributed by atoms with van der Waals surface area (Å²) in [5, 5.41) is 3.71. The predicted octanol–water partition coefficient (Wildman–Crippen LogP) is 4.71. The Labute approximate surface area is 169 Å². The first-order chi connectivity index (χ1) is 12.9. The largest absolute Gasteiger partial charge is 0.330 e. The molecule has 0 bridgehead atoms. The minimum absolute atomic E-state index is 0.398. The molecule has 2 rings (SSSR count). The van der Waals surface area contributed by atoms with E-state index in [9.17, 15) is 0 Å². The fraction of sp³-hybridized carbons (Fsp3) is 0.917. The van der Waals surface area contributed by atoms with E-state index in [0.29, 0.717) is 11.3 Å². The number of hydrogen-bond acceptors (Lipinski definition) is 3. The average Bonchev–Trinajstić information content (AvgIpc) is 3.01. The summed E-state index contributed by atoms with van der Waals surface area (Å²) in [4.78, 5) is 0. The lowest BCUT2D eigenvalue weighted by atomic mass is 9.78. The van der Waals surface area contributed by atoms with Crippen LogP contribution in [0.5, 0.6) is 0 Å². The molecule has 158 valence electrons. The second kappa shape index (κ2) is 10.4. The zero-order valence-corrected chi connectivity index (χ0v) is 18.8. The van der Waals surface area contributed by atoms with Crippen molar-refractivity contribution in [3.8, 4) is 0 Å². The van der Waals surface area contributed by atoms with Crippen LogP contribution in [0, 0.1) is 35.0 Å². The average molecular weight is 378 g/mol. The lowest BCUT2D eigenvalue weighted by molar-refractivity contribution is 0.250. The van der Waals surface area contributed by atoms with Crippen molar-refractivity contribution in [2.75, 3.05) is 26.2 Å². The van der Waals surface area contributed by atoms with E-state index >= 15 is 0 Å². The van der Waals surface area contributed by atoms with E-state index in [1.165, 1.54) is 58.0 Å². The van der Waals surface area contributed by atoms with Crippen LogP contribution in [0.3, 0.4) is 0 Å². The molecular weight excluding hydrogens is 330 g/mol. The molecule has 6 atom stereocenters. The molecule has 3 nitrogen and oxygen atoms in total. The molecule has 1 heterocycles. The van der Waals surface area contributed by atoms with Crippen molar-refractivity contribution in [1.29, 1.82) is 0 Å². The van der Waals surface area contributed by atoms with E-state index in [0.717, 1.165) is 36.8 Å². The summed E-state index contributed by atoms with van der Waals surface area (Å²) >= 11 is 0. The van der Waals surface area contributed by atoms with Crippen molar-refractivity contribution in [2.24, 2.45) is 46.5 Å². The van der Waals surface area contributed by atoms with E-state index < -0.39 is 0 Å². The Balaban J connectivity index is 2.08. The summed E-state index contributed by atoms with van der Waals surface area (Å²) < 4.78 is 0. The highest BCUT2D eigenvalue weighted by molar-refractivity contribution is 5.42. The summed E-state index contributed by atoms with van der Waals surface area (Å²) in [6.07, 6.45) is 8.88. The van der Waals surface area contributed by atoms with Gasteiger partial charge in [0.25, 0.3) is 0 Å². The van der Waals surface area contributed by atoms with Crippen LogP contribution in [0.25, 0.3) is 0 Å². The van der Waals surface area contributed by atoms with Crippen LogP contribution in [0.4, 0.5) is 0 Å². The zero-order valence-electron chi connectivity index (χ0n) is 18.8. The van der Waals surface area contributed by atoms with Gasteiger partial charge in [-0.05, 0) is 107 Å². The van der Waals surface area contributed by atoms with E-state index in [1.807, 2.05) is 0 Å². The molecule has 3 heteroatoms. The SMILES string of the molecule is CCCC(CN)C1/C(=C(\C)CC)C1(C)CC1CNCC1CC(C)CCCN. The molecule has 6 unspecified atom stereocenters. The maximum Gasteiger partial charge on any atom is -0.00169 e. The van der Waals surface area contributed by atoms with Gasteiger partial charge in [0.15, 0.2) is 0 Å². The minimum atomic E-state index is 0.398. The maximum atomic E-state index is 6.23. The van der Waals surface area contributed by atoms with Gasteiger partial charge in [-0.3, -0.25) is 0 Å². The summed E-state index contributed by atoms with van der Waals surface area (Å²) in [6.45, 7) is 16.0. The van der Waals surface area contributed by atoms with Crippen LogP contribution in [-0.2, 0) is 0 Å². The van der Waals surface area contributed by atoms with Crippen molar-refractivity contribution < 1.29 is 0 Å². The second-order valence-corrected chi connectivity index (χ2v) is 9.88. The van der Waals surface area contributed by atoms with E-state index in [1.54, 1.807) is 11.1 Å². The molecule has 2 aliphatic rings. The lowest BCUT2D eigenvalue weighted by Crippen LogP contribution is -2.23. The molecule has 1 aliphatic heterocycles. The van der Waals surface area contributed by atoms with E-state index in [2.05, 4.69) is 39.9 Å². The van der Waals surface area contributed by atoms with Gasteiger partial charge in [0.2, 0.25) is 0 Å². The monoisotopic (exact) mass is 377 g/mol. The molecule has 0 aromatic heterocycles. The molecular formula is C24H47N3. The third-order valence-corrected chi connectivity index (χ3v) is 7.73. The molecule has 1 aliphatic carbocycles. The molecule has 0 radical (unpaired) electrons. The van der Waals surface area contributed by atoms with Gasteiger partial charge < -0.3 is 16.8 Å². The Morgan fingerprint density at radius 2 is 1.89 bits per heavy atom. The van der Waals surface area contributed by atoms with Gasteiger partial charge >= 0.3 is 0 Å². The number of rotatable bonds is 12. The number of hydrogen-bond donors (Lipinski definition) is 3. The summed E-state index contributed by atoms with van der Waals surface area (Å²) in [5.41, 5.74) is 15.7. The Morgan fingerprint density at radius 1 is 1.19 bits per heavy atom. The molecule has 2 fully saturated rings. The first-order valence-electron chi connectivity index (χ1n) is 11.7. The molecule has 0 aromatic carbocycles. The van der Waals surface area contributed by atoms with Gasteiger partial charge in [-0.15, -0.1) is 0 Å². The first kappa shape index (κ1) is 22.9. The third-order valence-electron chi connectivity index (χ3n) is 7.73. The molecule has 5 N–H and O–H groups in total. The van der Waals surface area contributed by atoms with Gasteiger partial charge in [0, 0.05) is 0 Å². The van der Waals surface area contributed by atoms with E-state index in [-0.39, 0.29) is 0 Å². The Bertz CT molecular complexity index is 486. The molecule has 0 spiro atoms. The normalized spacial score (nSPS) is 34.6. The highest BCUT2D eigenvalue weighted by atomic mass is 14.9. The topological polar surface area (TPSA) is 64.1 Å². The van der Waals surface area contributed by atoms with Gasteiger partial charge in [0.1, 0.15) is 0 Å². The first-order valence-corrected chi connectivity index (χ1v) is 11.7. The Kier molecular flexibility index (Phi) is 8.83. The summed E-state index contributed by atoms with van der Waals surface area (Å²) in [7, 11) is 0. The van der Waals surface area contributed by atoms with Crippen LogP contribution >= 0.6 is 0 Å². The second-order valence-electron chi connectivity index (χ2n) is 9.88. The van der Waals surface area contributed by atoms with Crippen molar-refractivity contribution >= 4 is 0 Å². The lowest BCUT2D eigenvalue weighted by Gasteiger charge is -2.26. The van der Waals surface area contributed by atoms with Gasteiger partial charge in [-0.25, -0.2) is 0 Å². The zero-order chi connectivity index (χ0) is 20.0. The highest BCUT2D eigenvalue weighted by Crippen LogP contribution is 2.67. The number of allylic oxidation sites excluding steroid dienone is 2. The third kappa shape index (κ3) is 5.36. The standard InChI is InChI=1S/C24H47N3/c1-6-9-19(14-26)23-22(18(4)7-2)24(23,5)13-21-16-27-15-20(21)12-17(3)10-8-11-25/h17,19-21,23,27H,6-16,25-26H2,1-5H3/b22-18-. The fourth-order valence-electron chi connectivity index (χ4n) is 6.19. The van der Waals surface area contributed by atoms with Crippen molar-refractivity contribution in [3.05, 3.63) is 11.1 Å². The van der Waals surface area contributed by atoms with Gasteiger partial charge in [-0.2, -0.15) is 0 Å². The molecule has 0 aromatic rings. The van der Waals surface area contributed by atoms with Crippen LogP contribution < -0.4 is 16.8 Å². The van der Waals surface area contributed by atoms with E-state index in [4.69, 9.17) is 11.5 Å². The Morgan fingerprint density at radius 3 is 2.48 bits per heavy atom. The number of nitrogens with one attached hydrogen (secondary N) is 1. The summed E-state index contributed by atoms with van der Waals surface area (Å²) in [5.74, 6) is 3.86. The quantitative estimate of drug-likeness (QED) is 0.431. The Hall–Kier alpha value is -0.380. The highest BCUT2D eigenvalue weighted by Gasteiger charge is 2.59. The molecule has 1 saturated heterocycles. The van der Waals surface area contributed by atoms with Crippen LogP contribution in [-0.4, -0.2) is 26.2 Å². The molecule has 1 saturated carbocycles. The van der Waals surface area contributed by atoms with Crippen LogP contribution in [0.1, 0.15) is 79.6 Å². The van der Waals surface area contributed by atoms with Gasteiger partial charge in [0.05, 0.1) is 0 Å². The molecule has 27 heavy (non-hydrogen) atoms. The predicted molar refractivity (Wildman–Crippen MR) is 119 cm³/mol. The fourth-order valence-corrected chi connectivity index (χ4v) is 6.19. The summed E-state index contributed by atoms with van der Waals surface area (Å²) in [6, 6.07) is 0. The van der Waals surface area contributed by atoms with Crippen LogP contribution in [0.2, 0.25) is 0 Å². The van der Waals surface area contributed by atoms with Crippen molar-refractivity contribution in [3.63, 3.8) is 0 Å². The smallest absolute Gasteiger partial charge is 0.00169 e.